The van der Waals surface area contributed by atoms with Gasteiger partial charge in [-0.25, -0.2) is 0 Å². The lowest BCUT2D eigenvalue weighted by atomic mass is 10.2. The van der Waals surface area contributed by atoms with Gasteiger partial charge in [-0.3, -0.25) is 9.79 Å². The molecule has 0 aromatic heterocycles. The molecular formula is C20H27IN4O2. The van der Waals surface area contributed by atoms with Crippen molar-refractivity contribution in [1.82, 2.24) is 15.5 Å². The van der Waals surface area contributed by atoms with Gasteiger partial charge in [0.2, 0.25) is 0 Å². The normalized spacial score (nSPS) is 10.6. The lowest BCUT2D eigenvalue weighted by Crippen LogP contribution is -2.36. The summed E-state index contributed by atoms with van der Waals surface area (Å²) in [6, 6.07) is 17.8. The smallest absolute Gasteiger partial charge is 0.259 e. The third kappa shape index (κ3) is 8.29. The molecule has 2 rings (SSSR count). The van der Waals surface area contributed by atoms with Crippen LogP contribution in [0.15, 0.2) is 59.6 Å². The van der Waals surface area contributed by atoms with Crippen LogP contribution in [0.4, 0.5) is 0 Å². The molecule has 0 aliphatic carbocycles. The van der Waals surface area contributed by atoms with E-state index in [4.69, 9.17) is 4.74 Å². The van der Waals surface area contributed by atoms with Gasteiger partial charge >= 0.3 is 0 Å². The van der Waals surface area contributed by atoms with Crippen LogP contribution in [-0.4, -0.2) is 44.5 Å². The molecule has 0 radical (unpaired) electrons. The van der Waals surface area contributed by atoms with Gasteiger partial charge in [-0.15, -0.1) is 24.0 Å². The number of nitrogens with one attached hydrogen (secondary N) is 2. The Hall–Kier alpha value is -2.29. The zero-order chi connectivity index (χ0) is 18.8. The zero-order valence-electron chi connectivity index (χ0n) is 15.9. The van der Waals surface area contributed by atoms with Crippen LogP contribution in [0.25, 0.3) is 0 Å². The van der Waals surface area contributed by atoms with E-state index >= 15 is 0 Å². The number of benzene rings is 2. The number of nitrogens with zero attached hydrogens (tertiary/aromatic N) is 2. The maximum Gasteiger partial charge on any atom is 0.259 e. The second-order valence-corrected chi connectivity index (χ2v) is 5.99. The molecule has 0 aliphatic rings. The Kier molecular flexibility index (Phi) is 10.2. The van der Waals surface area contributed by atoms with E-state index < -0.39 is 0 Å². The summed E-state index contributed by atoms with van der Waals surface area (Å²) in [6.07, 6.45) is 0. The molecule has 0 heterocycles. The third-order valence-electron chi connectivity index (χ3n) is 3.75. The number of likely N-dealkylation sites (N-methyl/N-ethyl adjacent to an activating group) is 1. The minimum Gasteiger partial charge on any atom is -0.484 e. The predicted molar refractivity (Wildman–Crippen MR) is 120 cm³/mol. The number of hydrogen-bond acceptors (Lipinski definition) is 3. The topological polar surface area (TPSA) is 66.0 Å². The fourth-order valence-corrected chi connectivity index (χ4v) is 2.21. The Morgan fingerprint density at radius 3 is 2.26 bits per heavy atom. The molecule has 0 aliphatic heterocycles. The van der Waals surface area contributed by atoms with E-state index in [1.165, 1.54) is 10.5 Å². The van der Waals surface area contributed by atoms with Gasteiger partial charge in [0.05, 0.1) is 0 Å². The fourth-order valence-electron chi connectivity index (χ4n) is 2.21. The Bertz CT molecular complexity index is 736. The van der Waals surface area contributed by atoms with E-state index in [0.29, 0.717) is 18.8 Å². The SMILES string of the molecule is CN=C(NCc1ccccc1)NCc1cccc(OCC(=O)N(C)C)c1.I. The highest BCUT2D eigenvalue weighted by molar-refractivity contribution is 14.0. The number of rotatable bonds is 7. The summed E-state index contributed by atoms with van der Waals surface area (Å²) in [6.45, 7) is 1.34. The maximum absolute atomic E-state index is 11.6. The van der Waals surface area contributed by atoms with Crippen molar-refractivity contribution < 1.29 is 9.53 Å². The minimum absolute atomic E-state index is 0. The van der Waals surface area contributed by atoms with Crippen molar-refractivity contribution in [3.8, 4) is 5.75 Å². The van der Waals surface area contributed by atoms with E-state index in [1.54, 1.807) is 21.1 Å². The first-order chi connectivity index (χ1) is 12.6. The van der Waals surface area contributed by atoms with Crippen LogP contribution in [0.2, 0.25) is 0 Å². The minimum atomic E-state index is -0.0703. The first-order valence-corrected chi connectivity index (χ1v) is 8.49. The standard InChI is InChI=1S/C20H26N4O2.HI/c1-21-20(22-13-16-8-5-4-6-9-16)23-14-17-10-7-11-18(12-17)26-15-19(25)24(2)3;/h4-12H,13-15H2,1-3H3,(H2,21,22,23);1H. The summed E-state index contributed by atoms with van der Waals surface area (Å²) in [7, 11) is 5.16. The van der Waals surface area contributed by atoms with Gasteiger partial charge in [0.1, 0.15) is 5.75 Å². The quantitative estimate of drug-likeness (QED) is 0.362. The van der Waals surface area contributed by atoms with Crippen molar-refractivity contribution in [3.05, 3.63) is 65.7 Å². The van der Waals surface area contributed by atoms with Crippen LogP contribution < -0.4 is 15.4 Å². The van der Waals surface area contributed by atoms with Crippen LogP contribution in [0.3, 0.4) is 0 Å². The molecule has 2 aromatic carbocycles. The first kappa shape index (κ1) is 22.8. The molecule has 0 bridgehead atoms. The highest BCUT2D eigenvalue weighted by Crippen LogP contribution is 2.13. The second kappa shape index (κ2) is 12.2. The van der Waals surface area contributed by atoms with Gasteiger partial charge in [-0.05, 0) is 23.3 Å². The molecule has 0 spiro atoms. The number of halogens is 1. The van der Waals surface area contributed by atoms with Crippen molar-refractivity contribution in [3.63, 3.8) is 0 Å². The highest BCUT2D eigenvalue weighted by Gasteiger charge is 2.05. The summed E-state index contributed by atoms with van der Waals surface area (Å²) >= 11 is 0. The van der Waals surface area contributed by atoms with Gasteiger partial charge in [-0.1, -0.05) is 42.5 Å². The Morgan fingerprint density at radius 1 is 1.00 bits per heavy atom. The molecule has 0 unspecified atom stereocenters. The molecule has 7 heteroatoms. The number of guanidine groups is 1. The first-order valence-electron chi connectivity index (χ1n) is 8.49. The van der Waals surface area contributed by atoms with Crippen LogP contribution in [0.5, 0.6) is 5.75 Å². The van der Waals surface area contributed by atoms with Crippen LogP contribution >= 0.6 is 24.0 Å². The summed E-state index contributed by atoms with van der Waals surface area (Å²) in [4.78, 5) is 17.3. The average Bonchev–Trinajstić information content (AvgIpc) is 2.67. The van der Waals surface area contributed by atoms with E-state index in [1.807, 2.05) is 42.5 Å². The third-order valence-corrected chi connectivity index (χ3v) is 3.75. The number of ether oxygens (including phenoxy) is 1. The molecular weight excluding hydrogens is 455 g/mol. The number of amides is 1. The molecule has 1 amide bonds. The van der Waals surface area contributed by atoms with E-state index in [2.05, 4.69) is 27.8 Å². The molecule has 27 heavy (non-hydrogen) atoms. The number of hydrogen-bond donors (Lipinski definition) is 2. The number of carbonyl (C=O) groups excluding carboxylic acids is 1. The second-order valence-electron chi connectivity index (χ2n) is 5.99. The van der Waals surface area contributed by atoms with Gasteiger partial charge in [0, 0.05) is 34.2 Å². The van der Waals surface area contributed by atoms with Crippen LogP contribution in [-0.2, 0) is 17.9 Å². The lowest BCUT2D eigenvalue weighted by molar-refractivity contribution is -0.130. The van der Waals surface area contributed by atoms with Crippen molar-refractivity contribution in [1.29, 1.82) is 0 Å². The van der Waals surface area contributed by atoms with Crippen molar-refractivity contribution in [2.45, 2.75) is 13.1 Å². The van der Waals surface area contributed by atoms with Crippen LogP contribution in [0.1, 0.15) is 11.1 Å². The Balaban J connectivity index is 0.00000364. The number of aliphatic imine (C=N–C) groups is 1. The molecule has 146 valence electrons. The van der Waals surface area contributed by atoms with Crippen molar-refractivity contribution in [2.75, 3.05) is 27.7 Å². The molecule has 6 nitrogen and oxygen atoms in total. The summed E-state index contributed by atoms with van der Waals surface area (Å²) in [5.74, 6) is 1.33. The summed E-state index contributed by atoms with van der Waals surface area (Å²) < 4.78 is 5.54. The molecule has 0 saturated heterocycles. The van der Waals surface area contributed by atoms with E-state index in [0.717, 1.165) is 11.5 Å². The molecule has 2 aromatic rings. The molecule has 0 atom stereocenters. The molecule has 2 N–H and O–H groups in total. The van der Waals surface area contributed by atoms with Crippen molar-refractivity contribution >= 4 is 35.8 Å². The summed E-state index contributed by atoms with van der Waals surface area (Å²) in [5.41, 5.74) is 2.24. The van der Waals surface area contributed by atoms with Gasteiger partial charge in [0.15, 0.2) is 12.6 Å². The van der Waals surface area contributed by atoms with E-state index in [-0.39, 0.29) is 36.5 Å². The highest BCUT2D eigenvalue weighted by atomic mass is 127. The molecule has 0 saturated carbocycles. The zero-order valence-corrected chi connectivity index (χ0v) is 18.3. The van der Waals surface area contributed by atoms with Crippen molar-refractivity contribution in [2.24, 2.45) is 4.99 Å². The largest absolute Gasteiger partial charge is 0.484 e. The monoisotopic (exact) mass is 482 g/mol. The number of carbonyl (C=O) groups is 1. The van der Waals surface area contributed by atoms with Crippen LogP contribution in [0, 0.1) is 0 Å². The fraction of sp³-hybridized carbons (Fsp3) is 0.300. The van der Waals surface area contributed by atoms with E-state index in [9.17, 15) is 4.79 Å². The van der Waals surface area contributed by atoms with Gasteiger partial charge in [-0.2, -0.15) is 0 Å². The lowest BCUT2D eigenvalue weighted by Gasteiger charge is -2.14. The van der Waals surface area contributed by atoms with Gasteiger partial charge < -0.3 is 20.3 Å². The maximum atomic E-state index is 11.6. The average molecular weight is 482 g/mol. The summed E-state index contributed by atoms with van der Waals surface area (Å²) in [5, 5.41) is 6.56. The van der Waals surface area contributed by atoms with Gasteiger partial charge in [0.25, 0.3) is 5.91 Å². The Labute approximate surface area is 178 Å². The Morgan fingerprint density at radius 2 is 1.63 bits per heavy atom. The predicted octanol–water partition coefficient (Wildman–Crippen LogP) is 2.64. The molecule has 0 fully saturated rings.